The number of carbonyl (C=O) groups is 1. The molecule has 138 valence electrons. The Morgan fingerprint density at radius 3 is 1.71 bits per heavy atom. The van der Waals surface area contributed by atoms with E-state index >= 15 is 0 Å². The van der Waals surface area contributed by atoms with Gasteiger partial charge >= 0.3 is 0 Å². The van der Waals surface area contributed by atoms with E-state index in [2.05, 4.69) is 46.4 Å². The standard InChI is InChI=1S/C15H10N2S2.C7H6O2/c1-3-7-12-10(5-1)16-14(18-12)9-15-17-11-6-2-4-8-13(11)19-15;8-5-6-3-1-2-4-7(6)9/h1-8H,9H2;1-5,9H. The molecule has 0 aliphatic rings. The number of thiazole rings is 2. The molecular weight excluding hydrogens is 388 g/mol. The number of aromatic hydroxyl groups is 1. The third kappa shape index (κ3) is 4.08. The Labute approximate surface area is 169 Å². The van der Waals surface area contributed by atoms with Crippen LogP contribution in [0.4, 0.5) is 0 Å². The van der Waals surface area contributed by atoms with Crippen LogP contribution in [0.15, 0.2) is 72.8 Å². The number of fused-ring (bicyclic) bond motifs is 2. The van der Waals surface area contributed by atoms with Crippen molar-refractivity contribution in [1.82, 2.24) is 9.97 Å². The maximum absolute atomic E-state index is 10.1. The first-order valence-corrected chi connectivity index (χ1v) is 10.3. The number of nitrogens with zero attached hydrogens (tertiary/aromatic N) is 2. The minimum Gasteiger partial charge on any atom is -0.507 e. The number of rotatable bonds is 3. The molecule has 28 heavy (non-hydrogen) atoms. The van der Waals surface area contributed by atoms with Crippen LogP contribution in [0, 0.1) is 0 Å². The highest BCUT2D eigenvalue weighted by Gasteiger charge is 2.08. The molecule has 2 heterocycles. The van der Waals surface area contributed by atoms with Crippen molar-refractivity contribution in [2.24, 2.45) is 0 Å². The first-order valence-electron chi connectivity index (χ1n) is 8.65. The Hall–Kier alpha value is -3.09. The summed E-state index contributed by atoms with van der Waals surface area (Å²) in [5.74, 6) is 0.0347. The zero-order chi connectivity index (χ0) is 19.3. The van der Waals surface area contributed by atoms with E-state index in [1.165, 1.54) is 15.5 Å². The number of carbonyl (C=O) groups excluding carboxylic acids is 1. The highest BCUT2D eigenvalue weighted by atomic mass is 32.1. The SMILES string of the molecule is O=Cc1ccccc1O.c1ccc2sc(Cc3nc4ccccc4s3)nc2c1. The van der Waals surface area contributed by atoms with Gasteiger partial charge in [0.1, 0.15) is 15.8 Å². The van der Waals surface area contributed by atoms with Crippen molar-refractivity contribution in [2.75, 3.05) is 0 Å². The number of hydrogen-bond acceptors (Lipinski definition) is 6. The summed E-state index contributed by atoms with van der Waals surface area (Å²) in [6.07, 6.45) is 1.45. The molecule has 0 atom stereocenters. The molecule has 5 rings (SSSR count). The fourth-order valence-electron chi connectivity index (χ4n) is 2.71. The molecule has 0 radical (unpaired) electrons. The summed E-state index contributed by atoms with van der Waals surface area (Å²) in [5, 5.41) is 11.2. The number of aromatic nitrogens is 2. The summed E-state index contributed by atoms with van der Waals surface area (Å²) >= 11 is 3.52. The van der Waals surface area contributed by atoms with Crippen molar-refractivity contribution in [2.45, 2.75) is 6.42 Å². The molecule has 2 aromatic heterocycles. The van der Waals surface area contributed by atoms with Crippen LogP contribution in [0.1, 0.15) is 20.4 Å². The highest BCUT2D eigenvalue weighted by Crippen LogP contribution is 2.27. The molecule has 5 aromatic rings. The van der Waals surface area contributed by atoms with E-state index in [0.717, 1.165) is 27.5 Å². The van der Waals surface area contributed by atoms with Crippen LogP contribution in [0.2, 0.25) is 0 Å². The lowest BCUT2D eigenvalue weighted by Gasteiger charge is -1.91. The summed E-state index contributed by atoms with van der Waals surface area (Å²) in [6, 6.07) is 22.9. The van der Waals surface area contributed by atoms with Crippen molar-refractivity contribution in [3.05, 3.63) is 88.4 Å². The van der Waals surface area contributed by atoms with Gasteiger partial charge in [0.25, 0.3) is 0 Å². The molecular formula is C22H16N2O2S2. The number of phenols is 1. The molecule has 4 nitrogen and oxygen atoms in total. The molecule has 0 aliphatic heterocycles. The minimum absolute atomic E-state index is 0.0347. The lowest BCUT2D eigenvalue weighted by molar-refractivity contribution is 0.112. The molecule has 0 amide bonds. The lowest BCUT2D eigenvalue weighted by Crippen LogP contribution is -1.84. The summed E-state index contributed by atoms with van der Waals surface area (Å²) < 4.78 is 2.50. The van der Waals surface area contributed by atoms with Crippen LogP contribution < -0.4 is 0 Å². The van der Waals surface area contributed by atoms with Gasteiger partial charge in [-0.15, -0.1) is 22.7 Å². The van der Waals surface area contributed by atoms with Gasteiger partial charge in [-0.3, -0.25) is 4.79 Å². The van der Waals surface area contributed by atoms with Gasteiger partial charge in [0.2, 0.25) is 0 Å². The van der Waals surface area contributed by atoms with Gasteiger partial charge in [-0.25, -0.2) is 9.97 Å². The van der Waals surface area contributed by atoms with Crippen molar-refractivity contribution < 1.29 is 9.90 Å². The Balaban J connectivity index is 0.000000181. The van der Waals surface area contributed by atoms with E-state index in [4.69, 9.17) is 5.11 Å². The second kappa shape index (κ2) is 8.29. The first kappa shape index (κ1) is 18.3. The number of hydrogen-bond donors (Lipinski definition) is 1. The number of benzene rings is 3. The molecule has 0 fully saturated rings. The van der Waals surface area contributed by atoms with Crippen molar-refractivity contribution in [3.63, 3.8) is 0 Å². The van der Waals surface area contributed by atoms with Crippen molar-refractivity contribution >= 4 is 49.4 Å². The van der Waals surface area contributed by atoms with Crippen LogP contribution in [0.5, 0.6) is 5.75 Å². The average Bonchev–Trinajstić information content (AvgIpc) is 3.31. The van der Waals surface area contributed by atoms with Gasteiger partial charge in [0.15, 0.2) is 6.29 Å². The largest absolute Gasteiger partial charge is 0.507 e. The number of phenolic OH excluding ortho intramolecular Hbond substituents is 1. The highest BCUT2D eigenvalue weighted by molar-refractivity contribution is 7.20. The van der Waals surface area contributed by atoms with Gasteiger partial charge in [0.05, 0.1) is 32.4 Å². The van der Waals surface area contributed by atoms with Crippen LogP contribution in [-0.2, 0) is 6.42 Å². The van der Waals surface area contributed by atoms with E-state index in [0.29, 0.717) is 11.8 Å². The normalized spacial score (nSPS) is 10.6. The predicted molar refractivity (Wildman–Crippen MR) is 116 cm³/mol. The van der Waals surface area contributed by atoms with Gasteiger partial charge in [-0.2, -0.15) is 0 Å². The van der Waals surface area contributed by atoms with Crippen LogP contribution in [0.25, 0.3) is 20.4 Å². The third-order valence-corrected chi connectivity index (χ3v) is 6.12. The Bertz CT molecular complexity index is 1110. The predicted octanol–water partition coefficient (Wildman–Crippen LogP) is 5.70. The molecule has 3 aromatic carbocycles. The maximum Gasteiger partial charge on any atom is 0.153 e. The Kier molecular flexibility index (Phi) is 5.41. The first-order chi connectivity index (χ1) is 13.7. The molecule has 6 heteroatoms. The van der Waals surface area contributed by atoms with E-state index < -0.39 is 0 Å². The van der Waals surface area contributed by atoms with Crippen molar-refractivity contribution in [1.29, 1.82) is 0 Å². The monoisotopic (exact) mass is 404 g/mol. The fourth-order valence-corrected chi connectivity index (χ4v) is 4.74. The molecule has 0 aliphatic carbocycles. The summed E-state index contributed by atoms with van der Waals surface area (Å²) in [7, 11) is 0. The quantitative estimate of drug-likeness (QED) is 0.392. The van der Waals surface area contributed by atoms with Gasteiger partial charge in [-0.1, -0.05) is 36.4 Å². The Morgan fingerprint density at radius 2 is 1.25 bits per heavy atom. The second-order valence-electron chi connectivity index (χ2n) is 6.00. The zero-order valence-corrected chi connectivity index (χ0v) is 16.4. The summed E-state index contributed by atoms with van der Waals surface area (Å²) in [5.41, 5.74) is 2.50. The number of para-hydroxylation sites is 3. The average molecular weight is 405 g/mol. The second-order valence-corrected chi connectivity index (χ2v) is 8.23. The lowest BCUT2D eigenvalue weighted by atomic mass is 10.2. The zero-order valence-electron chi connectivity index (χ0n) is 14.8. The van der Waals surface area contributed by atoms with E-state index in [9.17, 15) is 4.79 Å². The van der Waals surface area contributed by atoms with E-state index in [-0.39, 0.29) is 5.75 Å². The topological polar surface area (TPSA) is 63.1 Å². The van der Waals surface area contributed by atoms with Gasteiger partial charge in [-0.05, 0) is 36.4 Å². The molecule has 0 spiro atoms. The fraction of sp³-hybridized carbons (Fsp3) is 0.0455. The summed E-state index contributed by atoms with van der Waals surface area (Å²) in [4.78, 5) is 19.4. The third-order valence-electron chi connectivity index (χ3n) is 4.04. The molecule has 0 saturated heterocycles. The van der Waals surface area contributed by atoms with E-state index in [1.54, 1.807) is 40.9 Å². The van der Waals surface area contributed by atoms with Gasteiger partial charge < -0.3 is 5.11 Å². The smallest absolute Gasteiger partial charge is 0.153 e. The molecule has 0 saturated carbocycles. The minimum atomic E-state index is 0.0347. The van der Waals surface area contributed by atoms with Crippen LogP contribution in [0.3, 0.4) is 0 Å². The Morgan fingerprint density at radius 1 is 0.750 bits per heavy atom. The van der Waals surface area contributed by atoms with Crippen LogP contribution >= 0.6 is 22.7 Å². The molecule has 0 bridgehead atoms. The van der Waals surface area contributed by atoms with Crippen LogP contribution in [-0.4, -0.2) is 21.4 Å². The summed E-state index contributed by atoms with van der Waals surface area (Å²) in [6.45, 7) is 0. The van der Waals surface area contributed by atoms with Crippen molar-refractivity contribution in [3.8, 4) is 5.75 Å². The van der Waals surface area contributed by atoms with E-state index in [1.807, 2.05) is 12.1 Å². The maximum atomic E-state index is 10.1. The van der Waals surface area contributed by atoms with Gasteiger partial charge in [0, 0.05) is 0 Å². The molecule has 1 N–H and O–H groups in total. The number of aldehydes is 1. The molecule has 0 unspecified atom stereocenters.